The number of rotatable bonds is 10. The molecular formula is C24H25NO4. The lowest BCUT2D eigenvalue weighted by atomic mass is 10.2. The first-order valence-electron chi connectivity index (χ1n) is 9.69. The molecule has 0 aliphatic carbocycles. The zero-order chi connectivity index (χ0) is 20.3. The molecule has 3 aromatic rings. The summed E-state index contributed by atoms with van der Waals surface area (Å²) in [6, 6.07) is 24.0. The Morgan fingerprint density at radius 1 is 0.724 bits per heavy atom. The summed E-state index contributed by atoms with van der Waals surface area (Å²) in [7, 11) is 0. The van der Waals surface area contributed by atoms with Gasteiger partial charge >= 0.3 is 0 Å². The molecule has 1 N–H and O–H groups in total. The molecule has 0 unspecified atom stereocenters. The van der Waals surface area contributed by atoms with Gasteiger partial charge in [-0.25, -0.2) is 0 Å². The first kappa shape index (κ1) is 20.3. The Bertz CT molecular complexity index is 894. The van der Waals surface area contributed by atoms with E-state index in [1.807, 2.05) is 54.6 Å². The molecule has 0 fully saturated rings. The highest BCUT2D eigenvalue weighted by Gasteiger charge is 2.07. The number of ether oxygens (including phenoxy) is 3. The first-order valence-corrected chi connectivity index (χ1v) is 9.69. The molecule has 3 rings (SSSR count). The summed E-state index contributed by atoms with van der Waals surface area (Å²) in [4.78, 5) is 12.5. The molecule has 0 heterocycles. The maximum atomic E-state index is 12.5. The number of amides is 1. The number of carbonyl (C=O) groups excluding carboxylic acids is 1. The van der Waals surface area contributed by atoms with E-state index < -0.39 is 0 Å². The molecule has 0 saturated heterocycles. The Kier molecular flexibility index (Phi) is 7.52. The number of nitrogens with one attached hydrogen (secondary N) is 1. The van der Waals surface area contributed by atoms with Crippen molar-refractivity contribution in [3.63, 3.8) is 0 Å². The highest BCUT2D eigenvalue weighted by Crippen LogP contribution is 2.19. The minimum Gasteiger partial charge on any atom is -0.494 e. The summed E-state index contributed by atoms with van der Waals surface area (Å²) in [6.07, 6.45) is 0.934. The second-order valence-electron chi connectivity index (χ2n) is 6.36. The minimum atomic E-state index is -0.184. The van der Waals surface area contributed by atoms with Crippen LogP contribution in [0, 0.1) is 0 Å². The fourth-order valence-corrected chi connectivity index (χ4v) is 2.63. The Morgan fingerprint density at radius 3 is 2.03 bits per heavy atom. The van der Waals surface area contributed by atoms with Crippen molar-refractivity contribution in [2.45, 2.75) is 13.3 Å². The van der Waals surface area contributed by atoms with Crippen molar-refractivity contribution in [2.75, 3.05) is 25.1 Å². The molecule has 29 heavy (non-hydrogen) atoms. The number of anilines is 1. The van der Waals surface area contributed by atoms with Gasteiger partial charge in [0.05, 0.1) is 6.61 Å². The van der Waals surface area contributed by atoms with Crippen LogP contribution in [0.1, 0.15) is 23.7 Å². The third kappa shape index (κ3) is 6.57. The molecule has 5 nitrogen and oxygen atoms in total. The van der Waals surface area contributed by atoms with E-state index in [9.17, 15) is 4.79 Å². The zero-order valence-electron chi connectivity index (χ0n) is 16.5. The standard InChI is InChI=1S/C24H25NO4/c1-2-15-27-23-10-6-7-20(18-23)25-24(26)19-11-13-22(14-12-19)29-17-16-28-21-8-4-3-5-9-21/h3-14,18H,2,15-17H2,1H3,(H,25,26). The second kappa shape index (κ2) is 10.8. The summed E-state index contributed by atoms with van der Waals surface area (Å²) in [5.41, 5.74) is 1.25. The van der Waals surface area contributed by atoms with Crippen LogP contribution in [-0.4, -0.2) is 25.7 Å². The molecule has 0 radical (unpaired) electrons. The van der Waals surface area contributed by atoms with Crippen molar-refractivity contribution in [1.29, 1.82) is 0 Å². The summed E-state index contributed by atoms with van der Waals surface area (Å²) in [6.45, 7) is 3.57. The van der Waals surface area contributed by atoms with Gasteiger partial charge in [0.2, 0.25) is 0 Å². The van der Waals surface area contributed by atoms with Crippen molar-refractivity contribution in [2.24, 2.45) is 0 Å². The lowest BCUT2D eigenvalue weighted by Crippen LogP contribution is -2.12. The maximum absolute atomic E-state index is 12.5. The lowest BCUT2D eigenvalue weighted by molar-refractivity contribution is 0.102. The van der Waals surface area contributed by atoms with E-state index in [4.69, 9.17) is 14.2 Å². The maximum Gasteiger partial charge on any atom is 0.255 e. The first-order chi connectivity index (χ1) is 14.2. The Morgan fingerprint density at radius 2 is 1.34 bits per heavy atom. The van der Waals surface area contributed by atoms with Crippen molar-refractivity contribution in [3.8, 4) is 17.2 Å². The highest BCUT2D eigenvalue weighted by atomic mass is 16.5. The van der Waals surface area contributed by atoms with Gasteiger partial charge in [-0.05, 0) is 55.0 Å². The number of hydrogen-bond donors (Lipinski definition) is 1. The number of benzene rings is 3. The summed E-state index contributed by atoms with van der Waals surface area (Å²) in [5.74, 6) is 2.06. The van der Waals surface area contributed by atoms with Crippen LogP contribution >= 0.6 is 0 Å². The van der Waals surface area contributed by atoms with E-state index in [0.29, 0.717) is 36.8 Å². The molecule has 0 bridgehead atoms. The molecular weight excluding hydrogens is 366 g/mol. The van der Waals surface area contributed by atoms with Crippen LogP contribution in [0.4, 0.5) is 5.69 Å². The predicted octanol–water partition coefficient (Wildman–Crippen LogP) is 5.19. The van der Waals surface area contributed by atoms with E-state index >= 15 is 0 Å². The van der Waals surface area contributed by atoms with Crippen molar-refractivity contribution < 1.29 is 19.0 Å². The monoisotopic (exact) mass is 391 g/mol. The van der Waals surface area contributed by atoms with E-state index in [1.165, 1.54) is 0 Å². The van der Waals surface area contributed by atoms with Gasteiger partial charge in [0.15, 0.2) is 0 Å². The molecule has 1 amide bonds. The number of hydrogen-bond acceptors (Lipinski definition) is 4. The zero-order valence-corrected chi connectivity index (χ0v) is 16.5. The molecule has 0 atom stereocenters. The van der Waals surface area contributed by atoms with Crippen molar-refractivity contribution in [1.82, 2.24) is 0 Å². The van der Waals surface area contributed by atoms with Gasteiger partial charge in [-0.3, -0.25) is 4.79 Å². The van der Waals surface area contributed by atoms with E-state index in [1.54, 1.807) is 24.3 Å². The summed E-state index contributed by atoms with van der Waals surface area (Å²) < 4.78 is 16.8. The number of para-hydroxylation sites is 1. The average molecular weight is 391 g/mol. The largest absolute Gasteiger partial charge is 0.494 e. The van der Waals surface area contributed by atoms with Crippen LogP contribution in [0.25, 0.3) is 0 Å². The normalized spacial score (nSPS) is 10.2. The van der Waals surface area contributed by atoms with E-state index in [0.717, 1.165) is 17.9 Å². The lowest BCUT2D eigenvalue weighted by Gasteiger charge is -2.10. The molecule has 3 aromatic carbocycles. The smallest absolute Gasteiger partial charge is 0.255 e. The Hall–Kier alpha value is -3.47. The van der Waals surface area contributed by atoms with Gasteiger partial charge in [-0.1, -0.05) is 31.2 Å². The summed E-state index contributed by atoms with van der Waals surface area (Å²) in [5, 5.41) is 2.89. The van der Waals surface area contributed by atoms with Crippen LogP contribution in [-0.2, 0) is 0 Å². The van der Waals surface area contributed by atoms with Crippen molar-refractivity contribution in [3.05, 3.63) is 84.4 Å². The Balaban J connectivity index is 1.47. The summed E-state index contributed by atoms with van der Waals surface area (Å²) >= 11 is 0. The van der Waals surface area contributed by atoms with Gasteiger partial charge in [0, 0.05) is 17.3 Å². The Labute approximate surface area is 171 Å². The van der Waals surface area contributed by atoms with Crippen LogP contribution < -0.4 is 19.5 Å². The van der Waals surface area contributed by atoms with Crippen LogP contribution in [0.2, 0.25) is 0 Å². The van der Waals surface area contributed by atoms with Crippen LogP contribution in [0.15, 0.2) is 78.9 Å². The molecule has 5 heteroatoms. The van der Waals surface area contributed by atoms with Gasteiger partial charge in [-0.15, -0.1) is 0 Å². The van der Waals surface area contributed by atoms with Crippen LogP contribution in [0.3, 0.4) is 0 Å². The SMILES string of the molecule is CCCOc1cccc(NC(=O)c2ccc(OCCOc3ccccc3)cc2)c1. The molecule has 0 aromatic heterocycles. The molecule has 0 aliphatic rings. The average Bonchev–Trinajstić information content (AvgIpc) is 2.77. The van der Waals surface area contributed by atoms with Gasteiger partial charge < -0.3 is 19.5 Å². The van der Waals surface area contributed by atoms with Gasteiger partial charge in [-0.2, -0.15) is 0 Å². The topological polar surface area (TPSA) is 56.8 Å². The molecule has 0 saturated carbocycles. The second-order valence-corrected chi connectivity index (χ2v) is 6.36. The van der Waals surface area contributed by atoms with Gasteiger partial charge in [0.25, 0.3) is 5.91 Å². The van der Waals surface area contributed by atoms with E-state index in [2.05, 4.69) is 12.2 Å². The van der Waals surface area contributed by atoms with E-state index in [-0.39, 0.29) is 5.91 Å². The van der Waals surface area contributed by atoms with Gasteiger partial charge in [0.1, 0.15) is 30.5 Å². The third-order valence-electron chi connectivity index (χ3n) is 4.05. The molecule has 0 spiro atoms. The van der Waals surface area contributed by atoms with Crippen LogP contribution in [0.5, 0.6) is 17.2 Å². The molecule has 150 valence electrons. The number of carbonyl (C=O) groups is 1. The fraction of sp³-hybridized carbons (Fsp3) is 0.208. The minimum absolute atomic E-state index is 0.184. The quantitative estimate of drug-likeness (QED) is 0.484. The van der Waals surface area contributed by atoms with Crippen molar-refractivity contribution >= 4 is 11.6 Å². The predicted molar refractivity (Wildman–Crippen MR) is 114 cm³/mol. The highest BCUT2D eigenvalue weighted by molar-refractivity contribution is 6.04. The third-order valence-corrected chi connectivity index (χ3v) is 4.05. The molecule has 0 aliphatic heterocycles. The fourth-order valence-electron chi connectivity index (χ4n) is 2.63.